The minimum absolute atomic E-state index is 0.144. The zero-order chi connectivity index (χ0) is 15.6. The lowest BCUT2D eigenvalue weighted by Crippen LogP contribution is -2.43. The lowest BCUT2D eigenvalue weighted by atomic mass is 10.2. The molecule has 0 radical (unpaired) electrons. The summed E-state index contributed by atoms with van der Waals surface area (Å²) in [4.78, 5) is 18.9. The molecule has 4 rings (SSSR count). The number of hydrogen-bond acceptors (Lipinski definition) is 5. The van der Waals surface area contributed by atoms with Crippen LogP contribution in [0.1, 0.15) is 62.6 Å². The van der Waals surface area contributed by atoms with Gasteiger partial charge in [0.1, 0.15) is 0 Å². The molecule has 23 heavy (non-hydrogen) atoms. The summed E-state index contributed by atoms with van der Waals surface area (Å²) >= 11 is 0. The van der Waals surface area contributed by atoms with Crippen LogP contribution in [0.15, 0.2) is 4.52 Å². The summed E-state index contributed by atoms with van der Waals surface area (Å²) in [5.74, 6) is 1.74. The maximum atomic E-state index is 12.0. The molecule has 3 aliphatic rings. The molecule has 2 heterocycles. The predicted molar refractivity (Wildman–Crippen MR) is 83.9 cm³/mol. The van der Waals surface area contributed by atoms with Crippen LogP contribution >= 0.6 is 0 Å². The van der Waals surface area contributed by atoms with Gasteiger partial charge in [-0.05, 0) is 32.1 Å². The zero-order valence-corrected chi connectivity index (χ0v) is 13.5. The lowest BCUT2D eigenvalue weighted by molar-refractivity contribution is 0.226. The Labute approximate surface area is 136 Å². The van der Waals surface area contributed by atoms with Crippen LogP contribution in [0.5, 0.6) is 0 Å². The summed E-state index contributed by atoms with van der Waals surface area (Å²) < 4.78 is 5.16. The molecule has 1 aliphatic heterocycles. The fraction of sp³-hybridized carbons (Fsp3) is 0.812. The van der Waals surface area contributed by atoms with Gasteiger partial charge in [0.25, 0.3) is 0 Å². The van der Waals surface area contributed by atoms with Crippen LogP contribution < -0.4 is 10.6 Å². The van der Waals surface area contributed by atoms with Gasteiger partial charge in [0.15, 0.2) is 5.82 Å². The summed E-state index contributed by atoms with van der Waals surface area (Å²) in [6.07, 6.45) is 8.67. The number of rotatable bonds is 5. The number of nitrogens with zero attached hydrogens (tertiary/aromatic N) is 3. The van der Waals surface area contributed by atoms with E-state index < -0.39 is 0 Å². The average molecular weight is 319 g/mol. The number of urea groups is 1. The van der Waals surface area contributed by atoms with E-state index in [1.165, 1.54) is 25.7 Å². The van der Waals surface area contributed by atoms with Crippen LogP contribution in [0.2, 0.25) is 0 Å². The van der Waals surface area contributed by atoms with Gasteiger partial charge >= 0.3 is 6.03 Å². The van der Waals surface area contributed by atoms with E-state index in [1.807, 2.05) is 0 Å². The number of hydrogen-bond donors (Lipinski definition) is 2. The number of aromatic nitrogens is 2. The monoisotopic (exact) mass is 319 g/mol. The molecule has 1 atom stereocenters. The van der Waals surface area contributed by atoms with Crippen LogP contribution in [0.4, 0.5) is 4.79 Å². The Morgan fingerprint density at radius 1 is 1.22 bits per heavy atom. The molecule has 0 spiro atoms. The van der Waals surface area contributed by atoms with Crippen molar-refractivity contribution < 1.29 is 9.32 Å². The molecule has 1 aromatic rings. The smallest absolute Gasteiger partial charge is 0.315 e. The number of amides is 2. The second kappa shape index (κ2) is 6.47. The molecule has 3 fully saturated rings. The van der Waals surface area contributed by atoms with E-state index in [-0.39, 0.29) is 12.1 Å². The molecule has 0 unspecified atom stereocenters. The highest BCUT2D eigenvalue weighted by Crippen LogP contribution is 2.38. The van der Waals surface area contributed by atoms with E-state index in [0.29, 0.717) is 18.4 Å². The fourth-order valence-electron chi connectivity index (χ4n) is 3.75. The van der Waals surface area contributed by atoms with Crippen LogP contribution in [0, 0.1) is 0 Å². The van der Waals surface area contributed by atoms with Crippen molar-refractivity contribution in [2.24, 2.45) is 0 Å². The molecule has 2 aliphatic carbocycles. The third-order valence-corrected chi connectivity index (χ3v) is 5.22. The maximum absolute atomic E-state index is 12.0. The molecule has 2 N–H and O–H groups in total. The number of carbonyl (C=O) groups is 1. The highest BCUT2D eigenvalue weighted by atomic mass is 16.5. The normalized spacial score (nSPS) is 25.8. The van der Waals surface area contributed by atoms with Crippen molar-refractivity contribution in [3.63, 3.8) is 0 Å². The van der Waals surface area contributed by atoms with Gasteiger partial charge in [-0.1, -0.05) is 18.0 Å². The first-order valence-corrected chi connectivity index (χ1v) is 8.89. The molecular formula is C16H25N5O2. The van der Waals surface area contributed by atoms with Gasteiger partial charge in [-0.25, -0.2) is 4.79 Å². The lowest BCUT2D eigenvalue weighted by Gasteiger charge is -2.23. The van der Waals surface area contributed by atoms with E-state index in [2.05, 4.69) is 25.7 Å². The van der Waals surface area contributed by atoms with Crippen LogP contribution in [0.3, 0.4) is 0 Å². The molecule has 7 heteroatoms. The Bertz CT molecular complexity index is 550. The number of likely N-dealkylation sites (tertiary alicyclic amines) is 1. The molecule has 0 bridgehead atoms. The predicted octanol–water partition coefficient (Wildman–Crippen LogP) is 1.76. The van der Waals surface area contributed by atoms with Crippen molar-refractivity contribution in [1.29, 1.82) is 0 Å². The van der Waals surface area contributed by atoms with Gasteiger partial charge in [0, 0.05) is 31.1 Å². The number of nitrogens with one attached hydrogen (secondary N) is 2. The Balaban J connectivity index is 1.19. The van der Waals surface area contributed by atoms with E-state index in [4.69, 9.17) is 4.52 Å². The van der Waals surface area contributed by atoms with Crippen molar-refractivity contribution in [2.45, 2.75) is 69.5 Å². The van der Waals surface area contributed by atoms with Gasteiger partial charge < -0.3 is 15.2 Å². The van der Waals surface area contributed by atoms with Gasteiger partial charge in [-0.2, -0.15) is 4.98 Å². The quantitative estimate of drug-likeness (QED) is 0.864. The summed E-state index contributed by atoms with van der Waals surface area (Å²) in [5.41, 5.74) is 0. The molecule has 2 amide bonds. The largest absolute Gasteiger partial charge is 0.337 e. The molecule has 7 nitrogen and oxygen atoms in total. The first-order valence-electron chi connectivity index (χ1n) is 8.89. The highest BCUT2D eigenvalue weighted by molar-refractivity contribution is 5.74. The van der Waals surface area contributed by atoms with Gasteiger partial charge in [-0.3, -0.25) is 4.90 Å². The zero-order valence-electron chi connectivity index (χ0n) is 13.5. The standard InChI is InChI=1S/C16H25N5O2/c22-16(17-9-14-19-15(20-23-14)11-5-6-11)18-12-7-8-21(10-12)13-3-1-2-4-13/h11-13H,1-10H2,(H2,17,18,22)/t12-/m0/s1. The summed E-state index contributed by atoms with van der Waals surface area (Å²) in [7, 11) is 0. The number of carbonyl (C=O) groups excluding carboxylic acids is 1. The minimum atomic E-state index is -0.144. The topological polar surface area (TPSA) is 83.3 Å². The van der Waals surface area contributed by atoms with Crippen molar-refractivity contribution in [2.75, 3.05) is 13.1 Å². The summed E-state index contributed by atoms with van der Waals surface area (Å²) in [6.45, 7) is 2.37. The second-order valence-corrected chi connectivity index (χ2v) is 7.07. The maximum Gasteiger partial charge on any atom is 0.315 e. The summed E-state index contributed by atoms with van der Waals surface area (Å²) in [6, 6.07) is 0.846. The Hall–Kier alpha value is -1.63. The molecule has 2 saturated carbocycles. The van der Waals surface area contributed by atoms with Crippen LogP contribution in [0.25, 0.3) is 0 Å². The Kier molecular flexibility index (Phi) is 4.20. The fourth-order valence-corrected chi connectivity index (χ4v) is 3.75. The highest BCUT2D eigenvalue weighted by Gasteiger charge is 2.31. The molecule has 126 valence electrons. The third kappa shape index (κ3) is 3.65. The molecule has 0 aromatic carbocycles. The molecule has 1 saturated heterocycles. The van der Waals surface area contributed by atoms with Crippen LogP contribution in [-0.2, 0) is 6.54 Å². The summed E-state index contributed by atoms with van der Waals surface area (Å²) in [5, 5.41) is 9.83. The van der Waals surface area contributed by atoms with E-state index in [0.717, 1.165) is 44.2 Å². The first-order chi connectivity index (χ1) is 11.3. The molecule has 1 aromatic heterocycles. The Morgan fingerprint density at radius 3 is 2.83 bits per heavy atom. The van der Waals surface area contributed by atoms with E-state index >= 15 is 0 Å². The minimum Gasteiger partial charge on any atom is -0.337 e. The van der Waals surface area contributed by atoms with E-state index in [1.54, 1.807) is 0 Å². The Morgan fingerprint density at radius 2 is 2.04 bits per heavy atom. The van der Waals surface area contributed by atoms with Crippen molar-refractivity contribution >= 4 is 6.03 Å². The molecular weight excluding hydrogens is 294 g/mol. The van der Waals surface area contributed by atoms with E-state index in [9.17, 15) is 4.79 Å². The van der Waals surface area contributed by atoms with Gasteiger partial charge in [-0.15, -0.1) is 0 Å². The second-order valence-electron chi connectivity index (χ2n) is 7.07. The van der Waals surface area contributed by atoms with Gasteiger partial charge in [0.2, 0.25) is 5.89 Å². The first kappa shape index (κ1) is 14.9. The third-order valence-electron chi connectivity index (χ3n) is 5.22. The van der Waals surface area contributed by atoms with Crippen molar-refractivity contribution in [3.8, 4) is 0 Å². The van der Waals surface area contributed by atoms with Crippen molar-refractivity contribution in [1.82, 2.24) is 25.7 Å². The SMILES string of the molecule is O=C(NCc1nc(C2CC2)no1)N[C@H]1CCN(C2CCCC2)C1. The average Bonchev–Trinajstić information content (AvgIpc) is 3.00. The van der Waals surface area contributed by atoms with Crippen LogP contribution in [-0.4, -0.2) is 46.2 Å². The van der Waals surface area contributed by atoms with Gasteiger partial charge in [0.05, 0.1) is 6.54 Å². The van der Waals surface area contributed by atoms with Crippen molar-refractivity contribution in [3.05, 3.63) is 11.7 Å².